The van der Waals surface area contributed by atoms with Crippen LogP contribution in [0.25, 0.3) is 16.5 Å². The quantitative estimate of drug-likeness (QED) is 0.230. The van der Waals surface area contributed by atoms with Gasteiger partial charge in [-0.05, 0) is 35.2 Å². The zero-order valence-electron chi connectivity index (χ0n) is 24.1. The fourth-order valence-electron chi connectivity index (χ4n) is 5.11. The molecular formula is C34H31N5O4. The van der Waals surface area contributed by atoms with Crippen LogP contribution >= 0.6 is 0 Å². The minimum Gasteiger partial charge on any atom is -0.446 e. The molecule has 0 unspecified atom stereocenters. The Hall–Kier alpha value is -5.44. The molecule has 9 nitrogen and oxygen atoms in total. The molecule has 0 saturated carbocycles. The van der Waals surface area contributed by atoms with Gasteiger partial charge in [-0.25, -0.2) is 19.2 Å². The van der Waals surface area contributed by atoms with Crippen LogP contribution in [0.4, 0.5) is 21.1 Å². The first-order valence-electron chi connectivity index (χ1n) is 14.0. The van der Waals surface area contributed by atoms with Crippen molar-refractivity contribution >= 4 is 40.3 Å². The molecule has 0 bridgehead atoms. The number of nitrogens with zero attached hydrogens (tertiary/aromatic N) is 3. The normalized spacial score (nSPS) is 14.9. The van der Waals surface area contributed by atoms with Gasteiger partial charge in [0.2, 0.25) is 0 Å². The molecule has 1 fully saturated rings. The summed E-state index contributed by atoms with van der Waals surface area (Å²) in [6, 6.07) is 30.5. The van der Waals surface area contributed by atoms with Crippen molar-refractivity contribution in [1.29, 1.82) is 0 Å². The lowest BCUT2D eigenvalue weighted by Crippen LogP contribution is -2.34. The maximum Gasteiger partial charge on any atom is 0.417 e. The van der Waals surface area contributed by atoms with Gasteiger partial charge in [0.05, 0.1) is 17.1 Å². The Kier molecular flexibility index (Phi) is 7.15. The molecule has 2 N–H and O–H groups in total. The molecule has 5 aromatic rings. The van der Waals surface area contributed by atoms with Crippen LogP contribution in [0, 0.1) is 0 Å². The number of fused-ring (bicyclic) bond motifs is 1. The maximum atomic E-state index is 13.7. The van der Waals surface area contributed by atoms with Crippen LogP contribution in [0.5, 0.6) is 0 Å². The lowest BCUT2D eigenvalue weighted by molar-refractivity contribution is 0.0774. The number of cyclic esters (lactones) is 1. The van der Waals surface area contributed by atoms with Gasteiger partial charge in [0.25, 0.3) is 5.91 Å². The summed E-state index contributed by atoms with van der Waals surface area (Å²) in [6.07, 6.45) is -0.689. The van der Waals surface area contributed by atoms with E-state index in [2.05, 4.69) is 10.6 Å². The summed E-state index contributed by atoms with van der Waals surface area (Å²) in [5, 5.41) is 12.6. The molecule has 9 heteroatoms. The van der Waals surface area contributed by atoms with E-state index in [1.54, 1.807) is 28.9 Å². The maximum absolute atomic E-state index is 13.7. The summed E-state index contributed by atoms with van der Waals surface area (Å²) >= 11 is 0. The van der Waals surface area contributed by atoms with Crippen LogP contribution in [0.2, 0.25) is 0 Å². The molecule has 2 heterocycles. The summed E-state index contributed by atoms with van der Waals surface area (Å²) < 4.78 is 6.86. The largest absolute Gasteiger partial charge is 0.446 e. The summed E-state index contributed by atoms with van der Waals surface area (Å²) in [5.74, 6) is -0.0559. The monoisotopic (exact) mass is 573 g/mol. The number of aromatic nitrogens is 2. The zero-order valence-corrected chi connectivity index (χ0v) is 24.1. The number of benzene rings is 4. The Morgan fingerprint density at radius 2 is 1.58 bits per heavy atom. The van der Waals surface area contributed by atoms with E-state index < -0.39 is 24.1 Å². The highest BCUT2D eigenvalue weighted by Gasteiger charge is 2.39. The second-order valence-corrected chi connectivity index (χ2v) is 11.4. The van der Waals surface area contributed by atoms with Crippen molar-refractivity contribution in [2.75, 3.05) is 17.2 Å². The molecular weight excluding hydrogens is 542 g/mol. The summed E-state index contributed by atoms with van der Waals surface area (Å²) in [6.45, 7) is 6.18. The van der Waals surface area contributed by atoms with Gasteiger partial charge >= 0.3 is 12.1 Å². The minimum absolute atomic E-state index is 0.0856. The number of amides is 4. The van der Waals surface area contributed by atoms with Crippen molar-refractivity contribution in [1.82, 2.24) is 14.7 Å². The van der Waals surface area contributed by atoms with Crippen LogP contribution in [-0.4, -0.2) is 39.3 Å². The van der Waals surface area contributed by atoms with Gasteiger partial charge < -0.3 is 10.1 Å². The average Bonchev–Trinajstić information content (AvgIpc) is 3.61. The molecule has 43 heavy (non-hydrogen) atoms. The first-order valence-corrected chi connectivity index (χ1v) is 14.0. The van der Waals surface area contributed by atoms with Gasteiger partial charge in [0.1, 0.15) is 18.5 Å². The Labute approximate surface area is 249 Å². The third-order valence-electron chi connectivity index (χ3n) is 7.37. The third-order valence-corrected chi connectivity index (χ3v) is 7.37. The third kappa shape index (κ3) is 5.57. The van der Waals surface area contributed by atoms with E-state index in [4.69, 9.17) is 9.84 Å². The van der Waals surface area contributed by atoms with Crippen molar-refractivity contribution in [3.63, 3.8) is 0 Å². The van der Waals surface area contributed by atoms with E-state index >= 15 is 0 Å². The highest BCUT2D eigenvalue weighted by molar-refractivity contribution is 6.06. The predicted molar refractivity (Wildman–Crippen MR) is 166 cm³/mol. The van der Waals surface area contributed by atoms with Crippen molar-refractivity contribution < 1.29 is 19.1 Å². The number of rotatable bonds is 5. The molecule has 6 rings (SSSR count). The SMILES string of the molecule is CC(C)(C)c1cc(NC(=O)Nc2cccc3ccccc23)n(-c2cccc(C(=O)N3C(=O)OC[C@@H]3c3ccccc3)c2)n1. The number of hydrogen-bond donors (Lipinski definition) is 2. The topological polar surface area (TPSA) is 106 Å². The highest BCUT2D eigenvalue weighted by atomic mass is 16.6. The van der Waals surface area contributed by atoms with Gasteiger partial charge in [0.15, 0.2) is 0 Å². The number of urea groups is 1. The average molecular weight is 574 g/mol. The predicted octanol–water partition coefficient (Wildman–Crippen LogP) is 7.30. The van der Waals surface area contributed by atoms with Crippen LogP contribution in [0.3, 0.4) is 0 Å². The fraction of sp³-hybridized carbons (Fsp3) is 0.176. The molecule has 0 radical (unpaired) electrons. The van der Waals surface area contributed by atoms with E-state index in [1.165, 1.54) is 0 Å². The number of carbonyl (C=O) groups is 3. The molecule has 1 saturated heterocycles. The first kappa shape index (κ1) is 27.7. The molecule has 1 atom stereocenters. The number of hydrogen-bond acceptors (Lipinski definition) is 5. The van der Waals surface area contributed by atoms with Crippen LogP contribution in [0.1, 0.15) is 48.4 Å². The molecule has 1 aliphatic heterocycles. The van der Waals surface area contributed by atoms with E-state index in [0.29, 0.717) is 17.2 Å². The Morgan fingerprint density at radius 3 is 2.37 bits per heavy atom. The number of anilines is 2. The lowest BCUT2D eigenvalue weighted by Gasteiger charge is -2.20. The molecule has 4 aromatic carbocycles. The molecule has 1 aliphatic rings. The Bertz CT molecular complexity index is 1840. The summed E-state index contributed by atoms with van der Waals surface area (Å²) in [7, 11) is 0. The Morgan fingerprint density at radius 1 is 0.860 bits per heavy atom. The van der Waals surface area contributed by atoms with Crippen LogP contribution in [0.15, 0.2) is 103 Å². The lowest BCUT2D eigenvalue weighted by atomic mass is 9.92. The highest BCUT2D eigenvalue weighted by Crippen LogP contribution is 2.31. The Balaban J connectivity index is 1.31. The van der Waals surface area contributed by atoms with Gasteiger partial charge in [0, 0.05) is 22.4 Å². The van der Waals surface area contributed by atoms with Gasteiger partial charge in [-0.3, -0.25) is 10.1 Å². The second-order valence-electron chi connectivity index (χ2n) is 11.4. The molecule has 0 spiro atoms. The standard InChI is InChI=1S/C34H31N5O4/c1-34(2,3)29-20-30(36-32(41)35-27-18-10-14-22-11-7-8-17-26(22)27)39(37-29)25-16-9-15-24(19-25)31(40)38-28(21-43-33(38)42)23-12-5-4-6-13-23/h4-20,28H,21H2,1-3H3,(H2,35,36,41)/t28-/m1/s1. The first-order chi connectivity index (χ1) is 20.7. The molecule has 4 amide bonds. The van der Waals surface area contributed by atoms with Crippen LogP contribution < -0.4 is 10.6 Å². The van der Waals surface area contributed by atoms with E-state index in [1.807, 2.05) is 99.6 Å². The summed E-state index contributed by atoms with van der Waals surface area (Å²) in [5.41, 5.74) is 2.75. The second kappa shape index (κ2) is 11.1. The fourth-order valence-corrected chi connectivity index (χ4v) is 5.11. The van der Waals surface area contributed by atoms with Gasteiger partial charge in [-0.2, -0.15) is 5.10 Å². The van der Waals surface area contributed by atoms with Gasteiger partial charge in [-0.1, -0.05) is 93.6 Å². The smallest absolute Gasteiger partial charge is 0.417 e. The van der Waals surface area contributed by atoms with Gasteiger partial charge in [-0.15, -0.1) is 0 Å². The zero-order chi connectivity index (χ0) is 30.1. The minimum atomic E-state index is -0.689. The van der Waals surface area contributed by atoms with Crippen molar-refractivity contribution in [2.45, 2.75) is 32.2 Å². The van der Waals surface area contributed by atoms with E-state index in [0.717, 1.165) is 26.9 Å². The molecule has 1 aromatic heterocycles. The number of imide groups is 1. The number of ether oxygens (including phenoxy) is 1. The number of carbonyl (C=O) groups excluding carboxylic acids is 3. The van der Waals surface area contributed by atoms with Crippen molar-refractivity contribution in [3.8, 4) is 5.69 Å². The van der Waals surface area contributed by atoms with Crippen LogP contribution in [-0.2, 0) is 10.2 Å². The number of nitrogens with one attached hydrogen (secondary N) is 2. The molecule has 216 valence electrons. The van der Waals surface area contributed by atoms with E-state index in [9.17, 15) is 14.4 Å². The van der Waals surface area contributed by atoms with Crippen molar-refractivity contribution in [2.24, 2.45) is 0 Å². The molecule has 0 aliphatic carbocycles. The van der Waals surface area contributed by atoms with E-state index in [-0.39, 0.29) is 17.6 Å². The summed E-state index contributed by atoms with van der Waals surface area (Å²) in [4.78, 5) is 40.7. The van der Waals surface area contributed by atoms with Crippen molar-refractivity contribution in [3.05, 3.63) is 120 Å².